The highest BCUT2D eigenvalue weighted by Crippen LogP contribution is 2.27. The number of nitrogens with zero attached hydrogens (tertiary/aromatic N) is 3. The molecule has 1 aliphatic carbocycles. The van der Waals surface area contributed by atoms with E-state index in [1.807, 2.05) is 25.1 Å². The maximum atomic E-state index is 13.1. The lowest BCUT2D eigenvalue weighted by atomic mass is 9.95. The average Bonchev–Trinajstić information content (AvgIpc) is 3.47. The highest BCUT2D eigenvalue weighted by Gasteiger charge is 2.46. The average molecular weight is 452 g/mol. The molecule has 1 aromatic heterocycles. The number of carbonyl (C=O) groups is 3. The molecule has 0 radical (unpaired) electrons. The van der Waals surface area contributed by atoms with Gasteiger partial charge in [-0.05, 0) is 45.1 Å². The molecule has 2 unspecified atom stereocenters. The minimum Gasteiger partial charge on any atom is -0.351 e. The molecule has 1 aliphatic heterocycles. The first kappa shape index (κ1) is 23.0. The summed E-state index contributed by atoms with van der Waals surface area (Å²) < 4.78 is 1.50. The number of likely N-dealkylation sites (N-methyl/N-ethyl adjacent to an activating group) is 1. The van der Waals surface area contributed by atoms with Crippen LogP contribution in [0.25, 0.3) is 0 Å². The van der Waals surface area contributed by atoms with Gasteiger partial charge in [-0.15, -0.1) is 0 Å². The fourth-order valence-corrected chi connectivity index (χ4v) is 4.65. The fourth-order valence-electron chi connectivity index (χ4n) is 4.65. The van der Waals surface area contributed by atoms with Crippen LogP contribution in [0.15, 0.2) is 36.4 Å². The third-order valence-corrected chi connectivity index (χ3v) is 7.00. The van der Waals surface area contributed by atoms with Crippen molar-refractivity contribution in [2.45, 2.75) is 76.5 Å². The molecule has 0 saturated heterocycles. The van der Waals surface area contributed by atoms with Crippen LogP contribution >= 0.6 is 0 Å². The molecule has 1 aromatic carbocycles. The highest BCUT2D eigenvalue weighted by atomic mass is 16.2. The molecule has 1 fully saturated rings. The summed E-state index contributed by atoms with van der Waals surface area (Å²) in [5.41, 5.74) is 0.680. The van der Waals surface area contributed by atoms with Gasteiger partial charge >= 0.3 is 0 Å². The third-order valence-electron chi connectivity index (χ3n) is 7.00. The second kappa shape index (κ2) is 9.37. The molecule has 2 aliphatic rings. The largest absolute Gasteiger partial charge is 0.351 e. The molecule has 1 saturated carbocycles. The molecule has 8 nitrogen and oxygen atoms in total. The van der Waals surface area contributed by atoms with Crippen molar-refractivity contribution in [1.82, 2.24) is 25.3 Å². The smallest absolute Gasteiger partial charge is 0.272 e. The predicted octanol–water partition coefficient (Wildman–Crippen LogP) is 2.54. The lowest BCUT2D eigenvalue weighted by molar-refractivity contribution is -0.133. The molecule has 176 valence electrons. The van der Waals surface area contributed by atoms with Crippen molar-refractivity contribution in [2.75, 3.05) is 7.05 Å². The van der Waals surface area contributed by atoms with Gasteiger partial charge < -0.3 is 15.5 Å². The Labute approximate surface area is 194 Å². The molecule has 2 heterocycles. The number of rotatable bonds is 7. The van der Waals surface area contributed by atoms with Gasteiger partial charge in [0.2, 0.25) is 5.91 Å². The quantitative estimate of drug-likeness (QED) is 0.676. The van der Waals surface area contributed by atoms with Crippen molar-refractivity contribution in [3.8, 4) is 0 Å². The Hall–Kier alpha value is -3.16. The van der Waals surface area contributed by atoms with E-state index < -0.39 is 5.54 Å². The van der Waals surface area contributed by atoms with Gasteiger partial charge in [0.1, 0.15) is 11.2 Å². The number of amides is 3. The first-order valence-electron chi connectivity index (χ1n) is 11.8. The third kappa shape index (κ3) is 4.79. The van der Waals surface area contributed by atoms with Crippen LogP contribution < -0.4 is 10.6 Å². The Balaban J connectivity index is 1.42. The summed E-state index contributed by atoms with van der Waals surface area (Å²) in [6.07, 6.45) is 5.83. The molecule has 0 spiro atoms. The monoisotopic (exact) mass is 451 g/mol. The SMILES string of the molecule is CC(CCc1ccccc1)NC(=O)c1cc2n(n1)CC(C)(C(=O)NC1CCCC1)N(C)C2=O. The van der Waals surface area contributed by atoms with Crippen molar-refractivity contribution in [3.63, 3.8) is 0 Å². The van der Waals surface area contributed by atoms with E-state index in [0.717, 1.165) is 38.5 Å². The first-order chi connectivity index (χ1) is 15.8. The van der Waals surface area contributed by atoms with Gasteiger partial charge in [0.25, 0.3) is 11.8 Å². The van der Waals surface area contributed by atoms with E-state index in [2.05, 4.69) is 27.9 Å². The number of carbonyl (C=O) groups excluding carboxylic acids is 3. The molecule has 2 aromatic rings. The Morgan fingerprint density at radius 3 is 2.61 bits per heavy atom. The standard InChI is InChI=1S/C25H33N5O3/c1-17(13-14-18-9-5-4-6-10-18)26-22(31)20-15-21-23(32)29(3)25(2,16-30(21)28-20)24(33)27-19-11-7-8-12-19/h4-6,9-10,15,17,19H,7-8,11-14,16H2,1-3H3,(H,26,31)(H,27,33). The molecule has 2 N–H and O–H groups in total. The van der Waals surface area contributed by atoms with Gasteiger partial charge in [-0.3, -0.25) is 19.1 Å². The Morgan fingerprint density at radius 2 is 1.91 bits per heavy atom. The van der Waals surface area contributed by atoms with E-state index in [4.69, 9.17) is 0 Å². The van der Waals surface area contributed by atoms with Crippen molar-refractivity contribution in [2.24, 2.45) is 0 Å². The van der Waals surface area contributed by atoms with Gasteiger partial charge in [0, 0.05) is 25.2 Å². The molecule has 0 bridgehead atoms. The fraction of sp³-hybridized carbons (Fsp3) is 0.520. The molecular weight excluding hydrogens is 418 g/mol. The van der Waals surface area contributed by atoms with E-state index in [9.17, 15) is 14.4 Å². The zero-order valence-electron chi connectivity index (χ0n) is 19.6. The number of aryl methyl sites for hydroxylation is 1. The van der Waals surface area contributed by atoms with E-state index in [1.54, 1.807) is 14.0 Å². The molecule has 2 atom stereocenters. The second-order valence-corrected chi connectivity index (χ2v) is 9.56. The molecule has 33 heavy (non-hydrogen) atoms. The van der Waals surface area contributed by atoms with E-state index in [-0.39, 0.29) is 42.0 Å². The summed E-state index contributed by atoms with van der Waals surface area (Å²) in [6, 6.07) is 11.8. The summed E-state index contributed by atoms with van der Waals surface area (Å²) in [7, 11) is 1.64. The van der Waals surface area contributed by atoms with Gasteiger partial charge in [-0.1, -0.05) is 43.2 Å². The minimum atomic E-state index is -1.06. The van der Waals surface area contributed by atoms with E-state index >= 15 is 0 Å². The van der Waals surface area contributed by atoms with Crippen LogP contribution in [-0.4, -0.2) is 57.1 Å². The molecule has 8 heteroatoms. The van der Waals surface area contributed by atoms with Crippen molar-refractivity contribution in [1.29, 1.82) is 0 Å². The van der Waals surface area contributed by atoms with Crippen molar-refractivity contribution >= 4 is 17.7 Å². The molecular formula is C25H33N5O3. The van der Waals surface area contributed by atoms with Gasteiger partial charge in [-0.2, -0.15) is 5.10 Å². The van der Waals surface area contributed by atoms with Crippen LogP contribution in [0.4, 0.5) is 0 Å². The summed E-state index contributed by atoms with van der Waals surface area (Å²) >= 11 is 0. The topological polar surface area (TPSA) is 96.3 Å². The van der Waals surface area contributed by atoms with Crippen molar-refractivity contribution < 1.29 is 14.4 Å². The van der Waals surface area contributed by atoms with Crippen LogP contribution in [0.3, 0.4) is 0 Å². The zero-order valence-corrected chi connectivity index (χ0v) is 19.6. The summed E-state index contributed by atoms with van der Waals surface area (Å²) in [6.45, 7) is 3.92. The van der Waals surface area contributed by atoms with Crippen LogP contribution in [0.5, 0.6) is 0 Å². The Bertz CT molecular complexity index is 1030. The molecule has 4 rings (SSSR count). The summed E-state index contributed by atoms with van der Waals surface area (Å²) in [5.74, 6) is -0.800. The normalized spacial score (nSPS) is 21.5. The number of aromatic nitrogens is 2. The highest BCUT2D eigenvalue weighted by molar-refractivity contribution is 6.01. The predicted molar refractivity (Wildman–Crippen MR) is 125 cm³/mol. The zero-order chi connectivity index (χ0) is 23.6. The van der Waals surface area contributed by atoms with Crippen molar-refractivity contribution in [3.05, 3.63) is 53.3 Å². The maximum absolute atomic E-state index is 13.1. The van der Waals surface area contributed by atoms with Crippen LogP contribution in [0, 0.1) is 0 Å². The van der Waals surface area contributed by atoms with E-state index in [0.29, 0.717) is 5.69 Å². The number of hydrogen-bond donors (Lipinski definition) is 2. The second-order valence-electron chi connectivity index (χ2n) is 9.56. The van der Waals surface area contributed by atoms with Gasteiger partial charge in [-0.25, -0.2) is 0 Å². The number of nitrogens with one attached hydrogen (secondary N) is 2. The van der Waals surface area contributed by atoms with E-state index in [1.165, 1.54) is 21.2 Å². The van der Waals surface area contributed by atoms with Gasteiger partial charge in [0.05, 0.1) is 6.54 Å². The lowest BCUT2D eigenvalue weighted by Gasteiger charge is -2.41. The maximum Gasteiger partial charge on any atom is 0.272 e. The number of hydrogen-bond acceptors (Lipinski definition) is 4. The van der Waals surface area contributed by atoms with Gasteiger partial charge in [0.15, 0.2) is 5.69 Å². The molecule has 3 amide bonds. The Kier molecular flexibility index (Phi) is 6.54. The minimum absolute atomic E-state index is 0.0442. The first-order valence-corrected chi connectivity index (χ1v) is 11.8. The summed E-state index contributed by atoms with van der Waals surface area (Å²) in [4.78, 5) is 40.4. The number of fused-ring (bicyclic) bond motifs is 1. The number of benzene rings is 1. The Morgan fingerprint density at radius 1 is 1.21 bits per heavy atom. The van der Waals surface area contributed by atoms with Crippen LogP contribution in [0.2, 0.25) is 0 Å². The van der Waals surface area contributed by atoms with Crippen LogP contribution in [0.1, 0.15) is 72.5 Å². The summed E-state index contributed by atoms with van der Waals surface area (Å²) in [5, 5.41) is 10.5. The lowest BCUT2D eigenvalue weighted by Crippen LogP contribution is -2.63. The van der Waals surface area contributed by atoms with Crippen LogP contribution in [-0.2, 0) is 17.8 Å².